The van der Waals surface area contributed by atoms with Crippen LogP contribution in [0.1, 0.15) is 37.6 Å². The molecule has 1 aromatic carbocycles. The van der Waals surface area contributed by atoms with Gasteiger partial charge in [0.25, 0.3) is 0 Å². The van der Waals surface area contributed by atoms with Gasteiger partial charge in [-0.3, -0.25) is 0 Å². The van der Waals surface area contributed by atoms with Crippen LogP contribution < -0.4 is 5.32 Å². The number of anilines is 1. The normalized spacial score (nSPS) is 11.2. The highest BCUT2D eigenvalue weighted by Gasteiger charge is 2.17. The van der Waals surface area contributed by atoms with Crippen LogP contribution in [0.4, 0.5) is 5.69 Å². The van der Waals surface area contributed by atoms with Gasteiger partial charge in [0.15, 0.2) is 0 Å². The number of aromatic nitrogens is 1. The molecule has 0 saturated carbocycles. The summed E-state index contributed by atoms with van der Waals surface area (Å²) in [6, 6.07) is 12.5. The summed E-state index contributed by atoms with van der Waals surface area (Å²) >= 11 is 0. The Morgan fingerprint density at radius 3 is 2.55 bits per heavy atom. The van der Waals surface area contributed by atoms with Gasteiger partial charge in [0.2, 0.25) is 0 Å². The SMILES string of the molecule is Cn1cc(CNc2ccccc2C(C)(C)C)cc1C#N. The Kier molecular flexibility index (Phi) is 3.85. The first kappa shape index (κ1) is 14.2. The van der Waals surface area contributed by atoms with E-state index in [4.69, 9.17) is 5.26 Å². The summed E-state index contributed by atoms with van der Waals surface area (Å²) in [5.74, 6) is 0. The van der Waals surface area contributed by atoms with E-state index in [0.29, 0.717) is 5.69 Å². The standard InChI is InChI=1S/C17H21N3/c1-17(2,3)15-7-5-6-8-16(15)19-11-13-9-14(10-18)20(4)12-13/h5-9,12,19H,11H2,1-4H3. The maximum Gasteiger partial charge on any atom is 0.120 e. The molecule has 0 unspecified atom stereocenters. The molecule has 0 aliphatic rings. The summed E-state index contributed by atoms with van der Waals surface area (Å²) in [6.45, 7) is 7.36. The van der Waals surface area contributed by atoms with Crippen molar-refractivity contribution < 1.29 is 0 Å². The van der Waals surface area contributed by atoms with Crippen molar-refractivity contribution in [1.82, 2.24) is 4.57 Å². The zero-order valence-electron chi connectivity index (χ0n) is 12.6. The molecular weight excluding hydrogens is 246 g/mol. The summed E-state index contributed by atoms with van der Waals surface area (Å²) < 4.78 is 1.85. The van der Waals surface area contributed by atoms with Crippen molar-refractivity contribution in [2.75, 3.05) is 5.32 Å². The molecule has 2 rings (SSSR count). The summed E-state index contributed by atoms with van der Waals surface area (Å²) in [5.41, 5.74) is 4.37. The number of para-hydroxylation sites is 1. The van der Waals surface area contributed by atoms with Crippen molar-refractivity contribution in [3.05, 3.63) is 53.3 Å². The van der Waals surface area contributed by atoms with Crippen molar-refractivity contribution in [1.29, 1.82) is 5.26 Å². The van der Waals surface area contributed by atoms with Crippen LogP contribution in [-0.2, 0) is 19.0 Å². The van der Waals surface area contributed by atoms with E-state index < -0.39 is 0 Å². The molecule has 20 heavy (non-hydrogen) atoms. The van der Waals surface area contributed by atoms with Gasteiger partial charge in [-0.05, 0) is 28.7 Å². The van der Waals surface area contributed by atoms with E-state index in [2.05, 4.69) is 50.4 Å². The molecule has 0 aliphatic heterocycles. The Morgan fingerprint density at radius 2 is 1.95 bits per heavy atom. The van der Waals surface area contributed by atoms with Crippen LogP contribution in [0.3, 0.4) is 0 Å². The molecule has 0 spiro atoms. The van der Waals surface area contributed by atoms with Crippen molar-refractivity contribution in [2.45, 2.75) is 32.7 Å². The lowest BCUT2D eigenvalue weighted by Crippen LogP contribution is -2.14. The van der Waals surface area contributed by atoms with E-state index in [1.165, 1.54) is 5.56 Å². The van der Waals surface area contributed by atoms with Crippen LogP contribution in [0.25, 0.3) is 0 Å². The monoisotopic (exact) mass is 267 g/mol. The third-order valence-electron chi connectivity index (χ3n) is 3.39. The zero-order chi connectivity index (χ0) is 14.8. The first-order valence-electron chi connectivity index (χ1n) is 6.80. The minimum absolute atomic E-state index is 0.109. The van der Waals surface area contributed by atoms with E-state index in [1.54, 1.807) is 0 Å². The van der Waals surface area contributed by atoms with Crippen LogP contribution in [0.15, 0.2) is 36.5 Å². The second-order valence-electron chi connectivity index (χ2n) is 6.11. The summed E-state index contributed by atoms with van der Waals surface area (Å²) in [5, 5.41) is 12.5. The number of benzene rings is 1. The fraction of sp³-hybridized carbons (Fsp3) is 0.353. The number of aryl methyl sites for hydroxylation is 1. The van der Waals surface area contributed by atoms with Gasteiger partial charge in [0.1, 0.15) is 11.8 Å². The molecule has 1 aromatic heterocycles. The topological polar surface area (TPSA) is 40.8 Å². The van der Waals surface area contributed by atoms with Gasteiger partial charge < -0.3 is 9.88 Å². The maximum absolute atomic E-state index is 8.98. The Balaban J connectivity index is 2.17. The fourth-order valence-corrected chi connectivity index (χ4v) is 2.33. The zero-order valence-corrected chi connectivity index (χ0v) is 12.6. The minimum Gasteiger partial charge on any atom is -0.381 e. The van der Waals surface area contributed by atoms with E-state index >= 15 is 0 Å². The predicted octanol–water partition coefficient (Wildman–Crippen LogP) is 3.81. The highest BCUT2D eigenvalue weighted by molar-refractivity contribution is 5.54. The quantitative estimate of drug-likeness (QED) is 0.918. The van der Waals surface area contributed by atoms with Crippen molar-refractivity contribution in [2.24, 2.45) is 7.05 Å². The molecule has 0 amide bonds. The highest BCUT2D eigenvalue weighted by Crippen LogP contribution is 2.29. The summed E-state index contributed by atoms with van der Waals surface area (Å²) in [7, 11) is 1.89. The van der Waals surface area contributed by atoms with Crippen LogP contribution in [0, 0.1) is 11.3 Å². The van der Waals surface area contributed by atoms with Crippen LogP contribution >= 0.6 is 0 Å². The molecule has 104 valence electrons. The molecule has 3 nitrogen and oxygen atoms in total. The molecule has 2 aromatic rings. The van der Waals surface area contributed by atoms with Gasteiger partial charge in [-0.25, -0.2) is 0 Å². The summed E-state index contributed by atoms with van der Waals surface area (Å²) in [6.07, 6.45) is 1.99. The van der Waals surface area contributed by atoms with E-state index in [-0.39, 0.29) is 5.41 Å². The number of rotatable bonds is 3. The van der Waals surface area contributed by atoms with Gasteiger partial charge >= 0.3 is 0 Å². The van der Waals surface area contributed by atoms with Crippen LogP contribution in [0.5, 0.6) is 0 Å². The third-order valence-corrected chi connectivity index (χ3v) is 3.39. The highest BCUT2D eigenvalue weighted by atomic mass is 14.9. The minimum atomic E-state index is 0.109. The molecule has 0 saturated heterocycles. The largest absolute Gasteiger partial charge is 0.381 e. The molecule has 0 radical (unpaired) electrons. The average molecular weight is 267 g/mol. The van der Waals surface area contributed by atoms with Crippen molar-refractivity contribution in [3.63, 3.8) is 0 Å². The number of nitriles is 1. The van der Waals surface area contributed by atoms with Crippen LogP contribution in [0.2, 0.25) is 0 Å². The lowest BCUT2D eigenvalue weighted by atomic mass is 9.86. The van der Waals surface area contributed by atoms with Crippen molar-refractivity contribution >= 4 is 5.69 Å². The Bertz CT molecular complexity index is 639. The van der Waals surface area contributed by atoms with E-state index in [1.807, 2.05) is 29.9 Å². The number of nitrogens with zero attached hydrogens (tertiary/aromatic N) is 2. The second-order valence-corrected chi connectivity index (χ2v) is 6.11. The number of nitrogens with one attached hydrogen (secondary N) is 1. The number of hydrogen-bond donors (Lipinski definition) is 1. The molecule has 1 heterocycles. The molecule has 0 atom stereocenters. The van der Waals surface area contributed by atoms with Crippen LogP contribution in [-0.4, -0.2) is 4.57 Å². The maximum atomic E-state index is 8.98. The van der Waals surface area contributed by atoms with Gasteiger partial charge in [-0.1, -0.05) is 39.0 Å². The Hall–Kier alpha value is -2.21. The Morgan fingerprint density at radius 1 is 1.25 bits per heavy atom. The molecule has 0 bridgehead atoms. The first-order chi connectivity index (χ1) is 9.41. The molecule has 0 aliphatic carbocycles. The molecule has 1 N–H and O–H groups in total. The lowest BCUT2D eigenvalue weighted by molar-refractivity contribution is 0.591. The first-order valence-corrected chi connectivity index (χ1v) is 6.80. The lowest BCUT2D eigenvalue weighted by Gasteiger charge is -2.23. The summed E-state index contributed by atoms with van der Waals surface area (Å²) in [4.78, 5) is 0. The number of hydrogen-bond acceptors (Lipinski definition) is 2. The third kappa shape index (κ3) is 3.03. The van der Waals surface area contributed by atoms with Crippen molar-refractivity contribution in [3.8, 4) is 6.07 Å². The van der Waals surface area contributed by atoms with Gasteiger partial charge in [-0.15, -0.1) is 0 Å². The van der Waals surface area contributed by atoms with Gasteiger partial charge in [0.05, 0.1) is 0 Å². The van der Waals surface area contributed by atoms with Gasteiger partial charge in [-0.2, -0.15) is 5.26 Å². The molecule has 3 heteroatoms. The van der Waals surface area contributed by atoms with E-state index in [0.717, 1.165) is 17.8 Å². The molecule has 0 fully saturated rings. The predicted molar refractivity (Wildman–Crippen MR) is 82.6 cm³/mol. The fourth-order valence-electron chi connectivity index (χ4n) is 2.33. The second kappa shape index (κ2) is 5.42. The van der Waals surface area contributed by atoms with Gasteiger partial charge in [0, 0.05) is 25.5 Å². The smallest absolute Gasteiger partial charge is 0.120 e. The Labute approximate surface area is 120 Å². The molecular formula is C17H21N3. The average Bonchev–Trinajstić information content (AvgIpc) is 2.76. The van der Waals surface area contributed by atoms with E-state index in [9.17, 15) is 0 Å².